The van der Waals surface area contributed by atoms with Gasteiger partial charge in [-0.05, 0) is 54.1 Å². The molecule has 0 aliphatic carbocycles. The van der Waals surface area contributed by atoms with E-state index in [-0.39, 0.29) is 24.2 Å². The van der Waals surface area contributed by atoms with Crippen molar-refractivity contribution in [2.24, 2.45) is 11.7 Å². The first-order valence-electron chi connectivity index (χ1n) is 9.97. The van der Waals surface area contributed by atoms with Crippen LogP contribution in [-0.4, -0.2) is 29.9 Å². The first kappa shape index (κ1) is 22.4. The van der Waals surface area contributed by atoms with Crippen LogP contribution in [-0.2, 0) is 17.9 Å². The summed E-state index contributed by atoms with van der Waals surface area (Å²) in [6, 6.07) is 16.6. The van der Waals surface area contributed by atoms with Crippen LogP contribution in [0.2, 0.25) is 0 Å². The molecule has 1 fully saturated rings. The highest BCUT2D eigenvalue weighted by Crippen LogP contribution is 2.25. The third-order valence-electron chi connectivity index (χ3n) is 5.36. The van der Waals surface area contributed by atoms with E-state index >= 15 is 0 Å². The number of carbonyl (C=O) groups is 1. The van der Waals surface area contributed by atoms with Gasteiger partial charge in [0.05, 0.1) is 6.04 Å². The lowest BCUT2D eigenvalue weighted by atomic mass is 9.98. The van der Waals surface area contributed by atoms with E-state index in [4.69, 9.17) is 5.73 Å². The molecule has 0 radical (unpaired) electrons. The van der Waals surface area contributed by atoms with Crippen molar-refractivity contribution >= 4 is 18.3 Å². The van der Waals surface area contributed by atoms with Gasteiger partial charge >= 0.3 is 0 Å². The Morgan fingerprint density at radius 1 is 1.07 bits per heavy atom. The van der Waals surface area contributed by atoms with Crippen molar-refractivity contribution < 1.29 is 4.79 Å². The summed E-state index contributed by atoms with van der Waals surface area (Å²) in [7, 11) is 0. The Hall–Kier alpha value is -1.88. The molecule has 1 aliphatic heterocycles. The number of rotatable bonds is 7. The number of nitrogens with one attached hydrogen (secondary N) is 1. The van der Waals surface area contributed by atoms with E-state index in [1.165, 1.54) is 37.1 Å². The van der Waals surface area contributed by atoms with Crippen LogP contribution in [0, 0.1) is 5.92 Å². The van der Waals surface area contributed by atoms with Crippen molar-refractivity contribution in [2.75, 3.05) is 13.1 Å². The lowest BCUT2D eigenvalue weighted by Crippen LogP contribution is -2.43. The molecule has 0 aromatic heterocycles. The minimum atomic E-state index is -0.470. The minimum absolute atomic E-state index is 0. The van der Waals surface area contributed by atoms with Crippen LogP contribution in [0.3, 0.4) is 0 Å². The van der Waals surface area contributed by atoms with Crippen molar-refractivity contribution in [3.63, 3.8) is 0 Å². The molecule has 1 amide bonds. The normalized spacial score (nSPS) is 15.3. The zero-order chi connectivity index (χ0) is 19.2. The summed E-state index contributed by atoms with van der Waals surface area (Å²) in [4.78, 5) is 14.7. The zero-order valence-electron chi connectivity index (χ0n) is 16.9. The fourth-order valence-electron chi connectivity index (χ4n) is 3.55. The predicted molar refractivity (Wildman–Crippen MR) is 118 cm³/mol. The summed E-state index contributed by atoms with van der Waals surface area (Å²) in [5.74, 6) is 0.0316. The average Bonchev–Trinajstić information content (AvgIpc) is 3.19. The van der Waals surface area contributed by atoms with Crippen LogP contribution in [0.4, 0.5) is 0 Å². The molecule has 2 aromatic carbocycles. The second-order valence-electron chi connectivity index (χ2n) is 7.82. The first-order chi connectivity index (χ1) is 13.0. The predicted octanol–water partition coefficient (Wildman–Crippen LogP) is 3.97. The monoisotopic (exact) mass is 401 g/mol. The van der Waals surface area contributed by atoms with Gasteiger partial charge in [-0.1, -0.05) is 62.4 Å². The average molecular weight is 402 g/mol. The van der Waals surface area contributed by atoms with Gasteiger partial charge in [-0.25, -0.2) is 0 Å². The molecule has 3 N–H and O–H groups in total. The third-order valence-corrected chi connectivity index (χ3v) is 5.36. The van der Waals surface area contributed by atoms with E-state index < -0.39 is 6.04 Å². The van der Waals surface area contributed by atoms with Gasteiger partial charge in [0.15, 0.2) is 0 Å². The van der Waals surface area contributed by atoms with Crippen LogP contribution < -0.4 is 11.1 Å². The van der Waals surface area contributed by atoms with Crippen molar-refractivity contribution in [1.82, 2.24) is 10.2 Å². The molecule has 5 heteroatoms. The Kier molecular flexibility index (Phi) is 8.49. The van der Waals surface area contributed by atoms with Gasteiger partial charge in [0.2, 0.25) is 5.91 Å². The Morgan fingerprint density at radius 2 is 1.71 bits per heavy atom. The van der Waals surface area contributed by atoms with Crippen molar-refractivity contribution in [2.45, 2.75) is 45.8 Å². The number of amides is 1. The topological polar surface area (TPSA) is 58.4 Å². The summed E-state index contributed by atoms with van der Waals surface area (Å²) in [6.45, 7) is 7.87. The number of carbonyl (C=O) groups excluding carboxylic acids is 1. The maximum absolute atomic E-state index is 12.2. The maximum atomic E-state index is 12.2. The summed E-state index contributed by atoms with van der Waals surface area (Å²) < 4.78 is 0. The zero-order valence-corrected chi connectivity index (χ0v) is 17.7. The molecule has 4 nitrogen and oxygen atoms in total. The number of halogens is 1. The molecule has 28 heavy (non-hydrogen) atoms. The van der Waals surface area contributed by atoms with Gasteiger partial charge in [0, 0.05) is 13.1 Å². The van der Waals surface area contributed by atoms with E-state index in [1.807, 2.05) is 26.0 Å². The lowest BCUT2D eigenvalue weighted by molar-refractivity contribution is -0.123. The van der Waals surface area contributed by atoms with E-state index in [0.29, 0.717) is 6.54 Å². The smallest absolute Gasteiger partial charge is 0.237 e. The Morgan fingerprint density at radius 3 is 2.36 bits per heavy atom. The molecule has 1 aliphatic rings. The molecule has 1 saturated heterocycles. The summed E-state index contributed by atoms with van der Waals surface area (Å²) in [5, 5.41) is 2.98. The lowest BCUT2D eigenvalue weighted by Gasteiger charge is -2.17. The van der Waals surface area contributed by atoms with Gasteiger partial charge in [-0.2, -0.15) is 0 Å². The Labute approximate surface area is 174 Å². The summed E-state index contributed by atoms with van der Waals surface area (Å²) >= 11 is 0. The maximum Gasteiger partial charge on any atom is 0.237 e. The molecule has 1 heterocycles. The van der Waals surface area contributed by atoms with Crippen LogP contribution in [0.1, 0.15) is 37.8 Å². The molecular weight excluding hydrogens is 370 g/mol. The number of likely N-dealkylation sites (tertiary alicyclic amines) is 1. The summed E-state index contributed by atoms with van der Waals surface area (Å²) in [6.07, 6.45) is 2.63. The van der Waals surface area contributed by atoms with Crippen molar-refractivity contribution in [3.05, 3.63) is 59.7 Å². The molecular formula is C23H32ClN3O. The highest BCUT2D eigenvalue weighted by atomic mass is 35.5. The minimum Gasteiger partial charge on any atom is -0.351 e. The molecule has 0 spiro atoms. The van der Waals surface area contributed by atoms with E-state index in [2.05, 4.69) is 46.6 Å². The van der Waals surface area contributed by atoms with Crippen LogP contribution >= 0.6 is 12.4 Å². The number of hydrogen-bond donors (Lipinski definition) is 2. The van der Waals surface area contributed by atoms with E-state index in [1.54, 1.807) is 0 Å². The number of benzene rings is 2. The van der Waals surface area contributed by atoms with Gasteiger partial charge in [0.1, 0.15) is 0 Å². The van der Waals surface area contributed by atoms with Crippen LogP contribution in [0.5, 0.6) is 0 Å². The quantitative estimate of drug-likeness (QED) is 0.737. The first-order valence-corrected chi connectivity index (χ1v) is 9.97. The second kappa shape index (κ2) is 10.6. The SMILES string of the molecule is CC(C)[C@H](N)C(=O)NCc1ccccc1-c1ccc(CN2CCCC2)cc1.Cl. The summed E-state index contributed by atoms with van der Waals surface area (Å²) in [5.41, 5.74) is 10.7. The molecule has 0 unspecified atom stereocenters. The van der Waals surface area contributed by atoms with E-state index in [0.717, 1.165) is 17.7 Å². The Bertz CT molecular complexity index is 755. The number of hydrogen-bond acceptors (Lipinski definition) is 3. The Balaban J connectivity index is 0.00000280. The fraction of sp³-hybridized carbons (Fsp3) is 0.435. The highest BCUT2D eigenvalue weighted by Gasteiger charge is 2.17. The molecule has 2 aromatic rings. The van der Waals surface area contributed by atoms with Crippen molar-refractivity contribution in [3.8, 4) is 11.1 Å². The molecule has 1 atom stereocenters. The molecule has 152 valence electrons. The largest absolute Gasteiger partial charge is 0.351 e. The highest BCUT2D eigenvalue weighted by molar-refractivity contribution is 5.85. The number of nitrogens with zero attached hydrogens (tertiary/aromatic N) is 1. The van der Waals surface area contributed by atoms with Crippen molar-refractivity contribution in [1.29, 1.82) is 0 Å². The number of nitrogens with two attached hydrogens (primary N) is 1. The standard InChI is InChI=1S/C23H31N3O.ClH/c1-17(2)22(24)23(27)25-15-20-7-3-4-8-21(20)19-11-9-18(10-12-19)16-26-13-5-6-14-26;/h3-4,7-12,17,22H,5-6,13-16,24H2,1-2H3,(H,25,27);1H/t22-;/m0./s1. The fourth-order valence-corrected chi connectivity index (χ4v) is 3.55. The van der Waals surface area contributed by atoms with Crippen LogP contribution in [0.25, 0.3) is 11.1 Å². The molecule has 3 rings (SSSR count). The van der Waals surface area contributed by atoms with Crippen LogP contribution in [0.15, 0.2) is 48.5 Å². The molecule has 0 saturated carbocycles. The second-order valence-corrected chi connectivity index (χ2v) is 7.82. The third kappa shape index (κ3) is 5.81. The van der Waals surface area contributed by atoms with Gasteiger partial charge < -0.3 is 11.1 Å². The van der Waals surface area contributed by atoms with Gasteiger partial charge in [-0.3, -0.25) is 9.69 Å². The molecule has 0 bridgehead atoms. The van der Waals surface area contributed by atoms with Gasteiger partial charge in [0.25, 0.3) is 0 Å². The van der Waals surface area contributed by atoms with E-state index in [9.17, 15) is 4.79 Å². The van der Waals surface area contributed by atoms with Gasteiger partial charge in [-0.15, -0.1) is 12.4 Å².